The topological polar surface area (TPSA) is 61.9 Å². The fourth-order valence-corrected chi connectivity index (χ4v) is 1.51. The number of benzene rings is 1. The van der Waals surface area contributed by atoms with Gasteiger partial charge in [0.2, 0.25) is 0 Å². The number of aromatic nitrogens is 1. The molecule has 1 aromatic carbocycles. The van der Waals surface area contributed by atoms with E-state index in [0.717, 1.165) is 0 Å². The fourth-order valence-electron chi connectivity index (χ4n) is 1.51. The molecule has 0 unspecified atom stereocenters. The molecule has 1 aromatic heterocycles. The number of anilines is 1. The van der Waals surface area contributed by atoms with Crippen LogP contribution >= 0.6 is 0 Å². The fraction of sp³-hybridized carbons (Fsp3) is 0.167. The maximum absolute atomic E-state index is 13.3. The molecule has 5 heteroatoms. The van der Waals surface area contributed by atoms with Crippen LogP contribution in [0.15, 0.2) is 35.1 Å². The van der Waals surface area contributed by atoms with Crippen molar-refractivity contribution in [1.82, 2.24) is 5.16 Å². The van der Waals surface area contributed by atoms with Gasteiger partial charge >= 0.3 is 0 Å². The number of hydrogen-bond acceptors (Lipinski definition) is 4. The van der Waals surface area contributed by atoms with Crippen LogP contribution in [0.3, 0.4) is 0 Å². The van der Waals surface area contributed by atoms with Crippen molar-refractivity contribution in [2.24, 2.45) is 0 Å². The second-order valence-electron chi connectivity index (χ2n) is 3.56. The largest absolute Gasteiger partial charge is 0.376 e. The molecule has 17 heavy (non-hydrogen) atoms. The van der Waals surface area contributed by atoms with Gasteiger partial charge in [-0.3, -0.25) is 0 Å². The molecule has 2 aromatic rings. The van der Waals surface area contributed by atoms with Gasteiger partial charge < -0.3 is 9.84 Å². The van der Waals surface area contributed by atoms with Gasteiger partial charge in [-0.15, -0.1) is 0 Å². The van der Waals surface area contributed by atoms with Crippen LogP contribution in [0.2, 0.25) is 0 Å². The summed E-state index contributed by atoms with van der Waals surface area (Å²) in [5.74, 6) is -0.537. The van der Waals surface area contributed by atoms with E-state index in [0.29, 0.717) is 11.4 Å². The van der Waals surface area contributed by atoms with Crippen molar-refractivity contribution < 1.29 is 8.91 Å². The lowest BCUT2D eigenvalue weighted by molar-refractivity contribution is 0.409. The molecule has 1 N–H and O–H groups in total. The first-order valence-electron chi connectivity index (χ1n) is 5.08. The molecule has 86 valence electrons. The smallest absolute Gasteiger partial charge is 0.143 e. The van der Waals surface area contributed by atoms with Gasteiger partial charge in [-0.1, -0.05) is 11.2 Å². The van der Waals surface area contributed by atoms with Crippen molar-refractivity contribution in [3.05, 3.63) is 47.6 Å². The van der Waals surface area contributed by atoms with E-state index >= 15 is 0 Å². The van der Waals surface area contributed by atoms with Crippen LogP contribution in [0.25, 0.3) is 0 Å². The van der Waals surface area contributed by atoms with Crippen LogP contribution in [0.1, 0.15) is 24.2 Å². The lowest BCUT2D eigenvalue weighted by Gasteiger charge is -2.13. The van der Waals surface area contributed by atoms with Gasteiger partial charge in [0.15, 0.2) is 0 Å². The molecule has 0 amide bonds. The Morgan fingerprint density at radius 3 is 2.94 bits per heavy atom. The highest BCUT2D eigenvalue weighted by Crippen LogP contribution is 2.22. The Kier molecular flexibility index (Phi) is 3.06. The Bertz CT molecular complexity index is 545. The molecule has 0 saturated carbocycles. The number of nitriles is 1. The number of hydrogen-bond donors (Lipinski definition) is 1. The number of nitrogens with zero attached hydrogens (tertiary/aromatic N) is 2. The Hall–Kier alpha value is -2.35. The second-order valence-corrected chi connectivity index (χ2v) is 3.56. The summed E-state index contributed by atoms with van der Waals surface area (Å²) in [6, 6.07) is 7.84. The molecule has 0 radical (unpaired) electrons. The first kappa shape index (κ1) is 11.1. The van der Waals surface area contributed by atoms with Crippen molar-refractivity contribution in [2.75, 3.05) is 5.32 Å². The maximum Gasteiger partial charge on any atom is 0.143 e. The average molecular weight is 231 g/mol. The zero-order chi connectivity index (χ0) is 12.3. The number of nitrogens with one attached hydrogen (secondary N) is 1. The van der Waals surface area contributed by atoms with E-state index < -0.39 is 5.82 Å². The molecule has 2 rings (SSSR count). The third-order valence-electron chi connectivity index (χ3n) is 2.40. The summed E-state index contributed by atoms with van der Waals surface area (Å²) >= 11 is 0. The molecular weight excluding hydrogens is 221 g/mol. The molecule has 0 aliphatic rings. The van der Waals surface area contributed by atoms with Crippen LogP contribution in [0.4, 0.5) is 10.1 Å². The monoisotopic (exact) mass is 231 g/mol. The first-order valence-corrected chi connectivity index (χ1v) is 5.08. The molecule has 4 nitrogen and oxygen atoms in total. The van der Waals surface area contributed by atoms with Gasteiger partial charge in [0.25, 0.3) is 0 Å². The van der Waals surface area contributed by atoms with Gasteiger partial charge in [-0.2, -0.15) is 5.26 Å². The van der Waals surface area contributed by atoms with E-state index in [1.165, 1.54) is 12.3 Å². The molecule has 0 saturated heterocycles. The van der Waals surface area contributed by atoms with Gasteiger partial charge in [0, 0.05) is 6.07 Å². The van der Waals surface area contributed by atoms with Gasteiger partial charge in [-0.05, 0) is 19.1 Å². The Morgan fingerprint density at radius 1 is 1.47 bits per heavy atom. The quantitative estimate of drug-likeness (QED) is 0.882. The molecule has 1 atom stereocenters. The molecule has 0 bridgehead atoms. The minimum absolute atomic E-state index is 0.00263. The van der Waals surface area contributed by atoms with Crippen molar-refractivity contribution in [3.63, 3.8) is 0 Å². The molecule has 0 aliphatic carbocycles. The minimum atomic E-state index is -0.537. The highest BCUT2D eigenvalue weighted by molar-refractivity contribution is 5.58. The van der Waals surface area contributed by atoms with Crippen LogP contribution < -0.4 is 5.32 Å². The van der Waals surface area contributed by atoms with E-state index in [9.17, 15) is 4.39 Å². The summed E-state index contributed by atoms with van der Waals surface area (Å²) < 4.78 is 18.1. The van der Waals surface area contributed by atoms with Crippen LogP contribution in [0.5, 0.6) is 0 Å². The van der Waals surface area contributed by atoms with Gasteiger partial charge in [-0.25, -0.2) is 4.39 Å². The lowest BCUT2D eigenvalue weighted by Crippen LogP contribution is -2.08. The summed E-state index contributed by atoms with van der Waals surface area (Å²) in [6.45, 7) is 1.85. The van der Waals surface area contributed by atoms with Crippen LogP contribution in [-0.4, -0.2) is 5.16 Å². The van der Waals surface area contributed by atoms with Crippen molar-refractivity contribution >= 4 is 5.69 Å². The summed E-state index contributed by atoms with van der Waals surface area (Å²) in [4.78, 5) is 0. The van der Waals surface area contributed by atoms with Crippen molar-refractivity contribution in [1.29, 1.82) is 5.26 Å². The molecule has 0 aliphatic heterocycles. The third kappa shape index (κ3) is 2.26. The molecule has 0 fully saturated rings. The summed E-state index contributed by atoms with van der Waals surface area (Å²) in [5.41, 5.74) is 1.14. The Morgan fingerprint density at radius 2 is 2.29 bits per heavy atom. The normalized spacial score (nSPS) is 11.8. The zero-order valence-electron chi connectivity index (χ0n) is 9.14. The van der Waals surface area contributed by atoms with Crippen LogP contribution in [0, 0.1) is 17.1 Å². The molecule has 0 spiro atoms. The van der Waals surface area contributed by atoms with Crippen LogP contribution in [-0.2, 0) is 0 Å². The number of halogens is 1. The highest BCUT2D eigenvalue weighted by Gasteiger charge is 2.12. The molecular formula is C12H10FN3O. The lowest BCUT2D eigenvalue weighted by atomic mass is 10.1. The van der Waals surface area contributed by atoms with Crippen molar-refractivity contribution in [2.45, 2.75) is 13.0 Å². The van der Waals surface area contributed by atoms with Gasteiger partial charge in [0.05, 0.1) is 11.7 Å². The predicted molar refractivity (Wildman–Crippen MR) is 59.7 cm³/mol. The minimum Gasteiger partial charge on any atom is -0.376 e. The Labute approximate surface area is 97.7 Å². The second kappa shape index (κ2) is 4.66. The summed E-state index contributed by atoms with van der Waals surface area (Å²) in [6.07, 6.45) is 1.46. The van der Waals surface area contributed by atoms with E-state index in [1.54, 1.807) is 18.2 Å². The van der Waals surface area contributed by atoms with E-state index in [1.807, 2.05) is 13.0 Å². The van der Waals surface area contributed by atoms with Gasteiger partial charge in [0.1, 0.15) is 29.4 Å². The molecule has 1 heterocycles. The number of rotatable bonds is 3. The van der Waals surface area contributed by atoms with E-state index in [2.05, 4.69) is 10.5 Å². The summed E-state index contributed by atoms with van der Waals surface area (Å²) in [7, 11) is 0. The highest BCUT2D eigenvalue weighted by atomic mass is 19.1. The average Bonchev–Trinajstić information content (AvgIpc) is 2.82. The van der Waals surface area contributed by atoms with Crippen molar-refractivity contribution in [3.8, 4) is 6.07 Å². The zero-order valence-corrected chi connectivity index (χ0v) is 9.14. The first-order chi connectivity index (χ1) is 8.22. The van der Waals surface area contributed by atoms with E-state index in [-0.39, 0.29) is 11.6 Å². The SMILES string of the molecule is C[C@@H](Nc1cccc(F)c1C#N)c1ccon1. The standard InChI is InChI=1S/C12H10FN3O/c1-8(11-5-6-17-16-11)15-12-4-2-3-10(13)9(12)7-14/h2-6,8,15H,1H3/t8-/m1/s1. The predicted octanol–water partition coefficient (Wildman–Crippen LogP) is 2.86. The third-order valence-corrected chi connectivity index (χ3v) is 2.40. The summed E-state index contributed by atoms with van der Waals surface area (Å²) in [5, 5.41) is 15.7. The Balaban J connectivity index is 2.25. The van der Waals surface area contributed by atoms with E-state index in [4.69, 9.17) is 9.78 Å². The maximum atomic E-state index is 13.3.